The predicted octanol–water partition coefficient (Wildman–Crippen LogP) is 4.79. The summed E-state index contributed by atoms with van der Waals surface area (Å²) in [6.45, 7) is 2.87. The Kier molecular flexibility index (Phi) is 10.1. The number of aliphatic hydroxyl groups is 1. The van der Waals surface area contributed by atoms with E-state index in [0.717, 1.165) is 12.8 Å². The molecular weight excluding hydrogens is 508 g/mol. The molecule has 3 aromatic carbocycles. The fourth-order valence-corrected chi connectivity index (χ4v) is 4.52. The SMILES string of the molecule is C[C@@H]1OC(c2ccc(OCCCO)cc2)=N[C@]1(Cc1ccccc1N=[N+]=[N-])C(=O)NNCCCc1ccccc1. The fourth-order valence-electron chi connectivity index (χ4n) is 4.52. The third kappa shape index (κ3) is 7.18. The Hall–Kier alpha value is -4.37. The van der Waals surface area contributed by atoms with Crippen molar-refractivity contribution in [1.82, 2.24) is 10.9 Å². The van der Waals surface area contributed by atoms with E-state index in [2.05, 4.69) is 33.0 Å². The first-order valence-electron chi connectivity index (χ1n) is 13.4. The Morgan fingerprint density at radius 3 is 2.60 bits per heavy atom. The van der Waals surface area contributed by atoms with Gasteiger partial charge >= 0.3 is 0 Å². The third-order valence-corrected chi connectivity index (χ3v) is 6.74. The smallest absolute Gasteiger partial charge is 0.266 e. The molecule has 40 heavy (non-hydrogen) atoms. The van der Waals surface area contributed by atoms with Gasteiger partial charge < -0.3 is 14.6 Å². The Balaban J connectivity index is 1.53. The van der Waals surface area contributed by atoms with E-state index in [1.54, 1.807) is 24.3 Å². The van der Waals surface area contributed by atoms with Gasteiger partial charge in [0, 0.05) is 42.2 Å². The summed E-state index contributed by atoms with van der Waals surface area (Å²) in [6.07, 6.45) is 1.84. The van der Waals surface area contributed by atoms with E-state index in [4.69, 9.17) is 25.1 Å². The number of aliphatic imine (C=N–C) groups is 1. The molecule has 1 amide bonds. The number of azide groups is 1. The molecule has 0 saturated carbocycles. The number of rotatable bonds is 14. The zero-order valence-corrected chi connectivity index (χ0v) is 22.5. The van der Waals surface area contributed by atoms with Crippen LogP contribution in [-0.2, 0) is 22.4 Å². The molecular formula is C30H34N6O4. The Morgan fingerprint density at radius 2 is 1.85 bits per heavy atom. The molecule has 4 rings (SSSR count). The van der Waals surface area contributed by atoms with Gasteiger partial charge in [-0.3, -0.25) is 10.2 Å². The zero-order valence-electron chi connectivity index (χ0n) is 22.5. The molecule has 0 saturated heterocycles. The van der Waals surface area contributed by atoms with Crippen molar-refractivity contribution in [2.24, 2.45) is 10.1 Å². The summed E-state index contributed by atoms with van der Waals surface area (Å²) in [5.41, 5.74) is 16.7. The van der Waals surface area contributed by atoms with E-state index in [1.807, 2.05) is 49.4 Å². The van der Waals surface area contributed by atoms with Crippen LogP contribution in [0.4, 0.5) is 5.69 Å². The molecule has 0 fully saturated rings. The second-order valence-corrected chi connectivity index (χ2v) is 9.52. The molecule has 0 unspecified atom stereocenters. The number of benzene rings is 3. The van der Waals surface area contributed by atoms with Gasteiger partial charge in [0.2, 0.25) is 5.90 Å². The molecule has 2 atom stereocenters. The largest absolute Gasteiger partial charge is 0.494 e. The van der Waals surface area contributed by atoms with Gasteiger partial charge in [-0.2, -0.15) is 0 Å². The van der Waals surface area contributed by atoms with E-state index < -0.39 is 11.6 Å². The van der Waals surface area contributed by atoms with Crippen LogP contribution >= 0.6 is 0 Å². The van der Waals surface area contributed by atoms with E-state index in [-0.39, 0.29) is 18.9 Å². The van der Waals surface area contributed by atoms with Gasteiger partial charge in [-0.15, -0.1) is 0 Å². The number of ether oxygens (including phenoxy) is 2. The number of aryl methyl sites for hydroxylation is 1. The quantitative estimate of drug-likeness (QED) is 0.0883. The first-order chi connectivity index (χ1) is 19.6. The van der Waals surface area contributed by atoms with Gasteiger partial charge in [-0.25, -0.2) is 10.4 Å². The van der Waals surface area contributed by atoms with Crippen molar-refractivity contribution >= 4 is 17.5 Å². The highest BCUT2D eigenvalue weighted by atomic mass is 16.5. The van der Waals surface area contributed by atoms with Crippen molar-refractivity contribution in [2.45, 2.75) is 44.2 Å². The Morgan fingerprint density at radius 1 is 1.10 bits per heavy atom. The number of hydrazine groups is 1. The molecule has 1 aliphatic rings. The number of amides is 1. The molecule has 0 aliphatic carbocycles. The maximum Gasteiger partial charge on any atom is 0.266 e. The van der Waals surface area contributed by atoms with Crippen LogP contribution in [0.1, 0.15) is 36.5 Å². The van der Waals surface area contributed by atoms with Gasteiger partial charge in [0.15, 0.2) is 5.54 Å². The van der Waals surface area contributed by atoms with Crippen molar-refractivity contribution in [3.63, 3.8) is 0 Å². The molecule has 0 spiro atoms. The molecule has 3 aromatic rings. The van der Waals surface area contributed by atoms with E-state index in [1.165, 1.54) is 5.56 Å². The van der Waals surface area contributed by atoms with Crippen molar-refractivity contribution in [2.75, 3.05) is 19.8 Å². The lowest BCUT2D eigenvalue weighted by molar-refractivity contribution is -0.129. The van der Waals surface area contributed by atoms with Crippen LogP contribution in [0.2, 0.25) is 0 Å². The highest BCUT2D eigenvalue weighted by molar-refractivity contribution is 6.00. The molecule has 10 heteroatoms. The van der Waals surface area contributed by atoms with Crippen molar-refractivity contribution in [3.05, 3.63) is 106 Å². The summed E-state index contributed by atoms with van der Waals surface area (Å²) in [7, 11) is 0. The van der Waals surface area contributed by atoms with Gasteiger partial charge in [0.1, 0.15) is 11.9 Å². The van der Waals surface area contributed by atoms with Gasteiger partial charge in [0.05, 0.1) is 6.61 Å². The summed E-state index contributed by atoms with van der Waals surface area (Å²) in [4.78, 5) is 21.5. The predicted molar refractivity (Wildman–Crippen MR) is 153 cm³/mol. The van der Waals surface area contributed by atoms with E-state index in [0.29, 0.717) is 48.0 Å². The molecule has 208 valence electrons. The molecule has 3 N–H and O–H groups in total. The van der Waals surface area contributed by atoms with Crippen LogP contribution in [-0.4, -0.2) is 48.3 Å². The average Bonchev–Trinajstić information content (AvgIpc) is 3.31. The average molecular weight is 543 g/mol. The molecule has 1 heterocycles. The maximum atomic E-state index is 13.8. The van der Waals surface area contributed by atoms with Crippen LogP contribution in [0, 0.1) is 0 Å². The van der Waals surface area contributed by atoms with Gasteiger partial charge in [0.25, 0.3) is 5.91 Å². The lowest BCUT2D eigenvalue weighted by Gasteiger charge is -2.28. The summed E-state index contributed by atoms with van der Waals surface area (Å²) in [5.74, 6) is 0.667. The van der Waals surface area contributed by atoms with Crippen LogP contribution in [0.5, 0.6) is 5.75 Å². The minimum atomic E-state index is -1.31. The summed E-state index contributed by atoms with van der Waals surface area (Å²) in [5, 5.41) is 12.8. The molecule has 1 aliphatic heterocycles. The normalized spacial score (nSPS) is 17.9. The molecule has 10 nitrogen and oxygen atoms in total. The summed E-state index contributed by atoms with van der Waals surface area (Å²) < 4.78 is 11.8. The van der Waals surface area contributed by atoms with Gasteiger partial charge in [-0.05, 0) is 60.7 Å². The highest BCUT2D eigenvalue weighted by Gasteiger charge is 2.50. The minimum Gasteiger partial charge on any atom is -0.494 e. The number of aliphatic hydroxyl groups excluding tert-OH is 1. The minimum absolute atomic E-state index is 0.0649. The van der Waals surface area contributed by atoms with Crippen LogP contribution in [0.3, 0.4) is 0 Å². The monoisotopic (exact) mass is 542 g/mol. The lowest BCUT2D eigenvalue weighted by atomic mass is 9.85. The fraction of sp³-hybridized carbons (Fsp3) is 0.333. The maximum absolute atomic E-state index is 13.8. The molecule has 0 radical (unpaired) electrons. The standard InChI is InChI=1S/C30H34N6O4/c1-22-30(21-25-12-5-6-13-27(25)34-36-31,29(38)35-32-18-7-11-23-9-3-2-4-10-23)33-28(40-22)24-14-16-26(17-15-24)39-20-8-19-37/h2-6,9-10,12-17,22,32,37H,7-8,11,18-21H2,1H3,(H,35,38)/t22-,30-/m0/s1. The number of nitrogens with one attached hydrogen (secondary N) is 2. The molecule has 0 bridgehead atoms. The molecule has 0 aromatic heterocycles. The second kappa shape index (κ2) is 14.1. The summed E-state index contributed by atoms with van der Waals surface area (Å²) >= 11 is 0. The topological polar surface area (TPSA) is 141 Å². The zero-order chi connectivity index (χ0) is 28.2. The van der Waals surface area contributed by atoms with Crippen LogP contribution in [0.25, 0.3) is 10.4 Å². The van der Waals surface area contributed by atoms with E-state index >= 15 is 0 Å². The Labute approximate surface area is 233 Å². The van der Waals surface area contributed by atoms with Crippen molar-refractivity contribution < 1.29 is 19.4 Å². The first-order valence-corrected chi connectivity index (χ1v) is 13.4. The highest BCUT2D eigenvalue weighted by Crippen LogP contribution is 2.35. The first kappa shape index (κ1) is 28.6. The second-order valence-electron chi connectivity index (χ2n) is 9.52. The van der Waals surface area contributed by atoms with Crippen LogP contribution in [0.15, 0.2) is 89.0 Å². The Bertz CT molecular complexity index is 1340. The number of hydrogen-bond donors (Lipinski definition) is 3. The van der Waals surface area contributed by atoms with E-state index in [9.17, 15) is 4.79 Å². The van der Waals surface area contributed by atoms with Crippen molar-refractivity contribution in [3.8, 4) is 5.75 Å². The lowest BCUT2D eigenvalue weighted by Crippen LogP contribution is -2.56. The number of nitrogens with zero attached hydrogens (tertiary/aromatic N) is 4. The number of carbonyl (C=O) groups is 1. The van der Waals surface area contributed by atoms with Crippen LogP contribution < -0.4 is 15.6 Å². The van der Waals surface area contributed by atoms with Gasteiger partial charge in [-0.1, -0.05) is 59.7 Å². The summed E-state index contributed by atoms with van der Waals surface area (Å²) in [6, 6.07) is 24.6. The number of carbonyl (C=O) groups excluding carboxylic acids is 1. The third-order valence-electron chi connectivity index (χ3n) is 6.74. The number of hydrogen-bond acceptors (Lipinski definition) is 7. The van der Waals surface area contributed by atoms with Crippen molar-refractivity contribution in [1.29, 1.82) is 0 Å².